The van der Waals surface area contributed by atoms with Crippen LogP contribution in [0.4, 0.5) is 5.82 Å². The number of hydrogen-bond acceptors (Lipinski definition) is 3. The van der Waals surface area contributed by atoms with E-state index in [2.05, 4.69) is 11.4 Å². The van der Waals surface area contributed by atoms with Crippen molar-refractivity contribution in [2.75, 3.05) is 12.4 Å². The van der Waals surface area contributed by atoms with Gasteiger partial charge in [-0.15, -0.1) is 0 Å². The van der Waals surface area contributed by atoms with Gasteiger partial charge in [0, 0.05) is 22.7 Å². The van der Waals surface area contributed by atoms with Crippen molar-refractivity contribution < 1.29 is 9.53 Å². The van der Waals surface area contributed by atoms with Gasteiger partial charge in [0.1, 0.15) is 22.9 Å². The SMILES string of the molecule is COc1ccc(C(=O)Nc2c(-c3ccccc3C)nc3c4ccccc4ccn23)cc1. The molecule has 5 aromatic rings. The van der Waals surface area contributed by atoms with E-state index in [9.17, 15) is 4.79 Å². The van der Waals surface area contributed by atoms with Gasteiger partial charge in [0.2, 0.25) is 0 Å². The van der Waals surface area contributed by atoms with Crippen LogP contribution in [0, 0.1) is 6.92 Å². The molecule has 152 valence electrons. The molecule has 0 saturated carbocycles. The third-order valence-corrected chi connectivity index (χ3v) is 5.50. The van der Waals surface area contributed by atoms with Crippen LogP contribution in [-0.2, 0) is 0 Å². The molecule has 31 heavy (non-hydrogen) atoms. The second kappa shape index (κ2) is 7.61. The van der Waals surface area contributed by atoms with Gasteiger partial charge in [0.05, 0.1) is 7.11 Å². The van der Waals surface area contributed by atoms with E-state index in [1.165, 1.54) is 0 Å². The number of nitrogens with one attached hydrogen (secondary N) is 1. The number of imidazole rings is 1. The Kier molecular flexibility index (Phi) is 4.64. The van der Waals surface area contributed by atoms with E-state index in [4.69, 9.17) is 9.72 Å². The summed E-state index contributed by atoms with van der Waals surface area (Å²) in [5.74, 6) is 1.15. The van der Waals surface area contributed by atoms with Gasteiger partial charge in [-0.25, -0.2) is 4.98 Å². The van der Waals surface area contributed by atoms with Crippen LogP contribution in [0.1, 0.15) is 15.9 Å². The first kappa shape index (κ1) is 18.9. The average molecular weight is 407 g/mol. The van der Waals surface area contributed by atoms with Crippen LogP contribution in [0.3, 0.4) is 0 Å². The van der Waals surface area contributed by atoms with Gasteiger partial charge in [0.25, 0.3) is 5.91 Å². The molecule has 0 unspecified atom stereocenters. The molecular formula is C26H21N3O2. The molecule has 2 heterocycles. The molecule has 0 saturated heterocycles. The maximum atomic E-state index is 13.1. The minimum atomic E-state index is -0.201. The zero-order valence-corrected chi connectivity index (χ0v) is 17.3. The van der Waals surface area contributed by atoms with Crippen molar-refractivity contribution in [1.82, 2.24) is 9.38 Å². The van der Waals surface area contributed by atoms with E-state index < -0.39 is 0 Å². The van der Waals surface area contributed by atoms with Gasteiger partial charge < -0.3 is 10.1 Å². The molecule has 0 atom stereocenters. The standard InChI is InChI=1S/C26H21N3O2/c1-17-7-3-5-9-21(17)23-25(28-26(30)19-11-13-20(31-2)14-12-19)29-16-15-18-8-4-6-10-22(18)24(29)27-23/h3-16H,1-2H3,(H,28,30). The predicted molar refractivity (Wildman–Crippen MR) is 124 cm³/mol. The molecule has 3 aromatic carbocycles. The van der Waals surface area contributed by atoms with Gasteiger partial charge in [-0.05, 0) is 48.2 Å². The smallest absolute Gasteiger partial charge is 0.256 e. The Morgan fingerprint density at radius 3 is 2.45 bits per heavy atom. The second-order valence-corrected chi connectivity index (χ2v) is 7.40. The van der Waals surface area contributed by atoms with Crippen LogP contribution in [0.5, 0.6) is 5.75 Å². The van der Waals surface area contributed by atoms with Crippen LogP contribution in [0.2, 0.25) is 0 Å². The van der Waals surface area contributed by atoms with E-state index in [1.54, 1.807) is 31.4 Å². The van der Waals surface area contributed by atoms with Gasteiger partial charge >= 0.3 is 0 Å². The third kappa shape index (κ3) is 3.30. The summed E-state index contributed by atoms with van der Waals surface area (Å²) in [6.45, 7) is 2.05. The largest absolute Gasteiger partial charge is 0.497 e. The van der Waals surface area contributed by atoms with E-state index in [-0.39, 0.29) is 5.91 Å². The third-order valence-electron chi connectivity index (χ3n) is 5.50. The lowest BCUT2D eigenvalue weighted by Gasteiger charge is -2.10. The highest BCUT2D eigenvalue weighted by Crippen LogP contribution is 2.33. The zero-order valence-electron chi connectivity index (χ0n) is 17.3. The van der Waals surface area contributed by atoms with E-state index in [1.807, 2.05) is 66.1 Å². The Hall–Kier alpha value is -4.12. The summed E-state index contributed by atoms with van der Waals surface area (Å²) in [6.07, 6.45) is 1.95. The second-order valence-electron chi connectivity index (χ2n) is 7.40. The molecule has 0 bridgehead atoms. The van der Waals surface area contributed by atoms with E-state index in [0.717, 1.165) is 33.2 Å². The molecule has 0 aliphatic carbocycles. The normalized spacial score (nSPS) is 11.0. The Morgan fingerprint density at radius 1 is 0.935 bits per heavy atom. The number of anilines is 1. The molecule has 0 aliphatic rings. The van der Waals surface area contributed by atoms with Crippen LogP contribution in [-0.4, -0.2) is 22.4 Å². The lowest BCUT2D eigenvalue weighted by molar-refractivity contribution is 0.102. The number of pyridine rings is 1. The molecule has 1 amide bonds. The molecule has 0 fully saturated rings. The van der Waals surface area contributed by atoms with Crippen molar-refractivity contribution in [3.63, 3.8) is 0 Å². The Bertz CT molecular complexity index is 1420. The fourth-order valence-corrected chi connectivity index (χ4v) is 3.84. The molecule has 0 radical (unpaired) electrons. The topological polar surface area (TPSA) is 55.6 Å². The summed E-state index contributed by atoms with van der Waals surface area (Å²) in [4.78, 5) is 18.1. The van der Waals surface area contributed by atoms with Crippen molar-refractivity contribution in [3.8, 4) is 17.0 Å². The molecule has 0 spiro atoms. The van der Waals surface area contributed by atoms with Crippen molar-refractivity contribution in [3.05, 3.63) is 96.2 Å². The predicted octanol–water partition coefficient (Wildman–Crippen LogP) is 5.72. The molecule has 5 rings (SSSR count). The number of aryl methyl sites for hydroxylation is 1. The lowest BCUT2D eigenvalue weighted by Crippen LogP contribution is -2.14. The highest BCUT2D eigenvalue weighted by molar-refractivity contribution is 6.07. The number of hydrogen-bond donors (Lipinski definition) is 1. The number of ether oxygens (including phenoxy) is 1. The molecular weight excluding hydrogens is 386 g/mol. The van der Waals surface area contributed by atoms with E-state index >= 15 is 0 Å². The van der Waals surface area contributed by atoms with Crippen molar-refractivity contribution >= 4 is 28.1 Å². The quantitative estimate of drug-likeness (QED) is 0.414. The van der Waals surface area contributed by atoms with Gasteiger partial charge in [-0.2, -0.15) is 0 Å². The number of fused-ring (bicyclic) bond motifs is 3. The van der Waals surface area contributed by atoms with Crippen molar-refractivity contribution in [1.29, 1.82) is 0 Å². The number of methoxy groups -OCH3 is 1. The number of carbonyl (C=O) groups excluding carboxylic acids is 1. The Balaban J connectivity index is 1.69. The summed E-state index contributed by atoms with van der Waals surface area (Å²) in [7, 11) is 1.60. The summed E-state index contributed by atoms with van der Waals surface area (Å²) in [5, 5.41) is 5.23. The minimum absolute atomic E-state index is 0.201. The van der Waals surface area contributed by atoms with Crippen molar-refractivity contribution in [2.24, 2.45) is 0 Å². The maximum Gasteiger partial charge on any atom is 0.256 e. The van der Waals surface area contributed by atoms with Crippen LogP contribution in [0.25, 0.3) is 27.7 Å². The number of rotatable bonds is 4. The number of carbonyl (C=O) groups is 1. The van der Waals surface area contributed by atoms with Crippen LogP contribution >= 0.6 is 0 Å². The Morgan fingerprint density at radius 2 is 1.68 bits per heavy atom. The van der Waals surface area contributed by atoms with Crippen molar-refractivity contribution in [2.45, 2.75) is 6.92 Å². The summed E-state index contributed by atoms with van der Waals surface area (Å²) in [6, 6.07) is 25.3. The van der Waals surface area contributed by atoms with Crippen LogP contribution in [0.15, 0.2) is 85.1 Å². The monoisotopic (exact) mass is 407 g/mol. The molecule has 1 N–H and O–H groups in total. The molecule has 5 nitrogen and oxygen atoms in total. The highest BCUT2D eigenvalue weighted by atomic mass is 16.5. The molecule has 5 heteroatoms. The minimum Gasteiger partial charge on any atom is -0.497 e. The average Bonchev–Trinajstić information content (AvgIpc) is 3.18. The first-order chi connectivity index (χ1) is 15.2. The fraction of sp³-hybridized carbons (Fsp3) is 0.0769. The lowest BCUT2D eigenvalue weighted by atomic mass is 10.1. The fourth-order valence-electron chi connectivity index (χ4n) is 3.84. The van der Waals surface area contributed by atoms with Gasteiger partial charge in [-0.3, -0.25) is 9.20 Å². The summed E-state index contributed by atoms with van der Waals surface area (Å²) < 4.78 is 7.15. The number of nitrogens with zero attached hydrogens (tertiary/aromatic N) is 2. The number of aromatic nitrogens is 2. The zero-order chi connectivity index (χ0) is 21.4. The Labute approximate surface area is 179 Å². The summed E-state index contributed by atoms with van der Waals surface area (Å²) in [5.41, 5.74) is 4.18. The number of amides is 1. The van der Waals surface area contributed by atoms with Gasteiger partial charge in [0.15, 0.2) is 0 Å². The van der Waals surface area contributed by atoms with Gasteiger partial charge in [-0.1, -0.05) is 48.5 Å². The van der Waals surface area contributed by atoms with E-state index in [0.29, 0.717) is 17.1 Å². The first-order valence-electron chi connectivity index (χ1n) is 10.1. The van der Waals surface area contributed by atoms with Crippen LogP contribution < -0.4 is 10.1 Å². The molecule has 2 aromatic heterocycles. The maximum absolute atomic E-state index is 13.1. The first-order valence-corrected chi connectivity index (χ1v) is 10.1. The highest BCUT2D eigenvalue weighted by Gasteiger charge is 2.19. The summed E-state index contributed by atoms with van der Waals surface area (Å²) >= 11 is 0. The molecule has 0 aliphatic heterocycles. The number of benzene rings is 3.